The second-order valence-electron chi connectivity index (χ2n) is 6.30. The maximum Gasteiger partial charge on any atom is 0.316 e. The Hall–Kier alpha value is -2.30. The summed E-state index contributed by atoms with van der Waals surface area (Å²) in [6.45, 7) is 2.74. The molecular weight excluding hydrogens is 386 g/mol. The molecule has 4 heterocycles. The second kappa shape index (κ2) is 7.02. The SMILES string of the molecule is Cc1ccsc1S(=O)(=O)N1CCc2c(c(COc3ncccn3)nn2C)C1. The largest absolute Gasteiger partial charge is 0.457 e. The number of sulfonamides is 1. The van der Waals surface area contributed by atoms with Crippen molar-refractivity contribution in [2.24, 2.45) is 7.05 Å². The van der Waals surface area contributed by atoms with Crippen molar-refractivity contribution in [1.82, 2.24) is 24.1 Å². The van der Waals surface area contributed by atoms with Gasteiger partial charge in [0.1, 0.15) is 16.5 Å². The van der Waals surface area contributed by atoms with Crippen LogP contribution in [0, 0.1) is 6.92 Å². The molecule has 0 spiro atoms. The van der Waals surface area contributed by atoms with Crippen LogP contribution in [-0.2, 0) is 36.6 Å². The summed E-state index contributed by atoms with van der Waals surface area (Å²) in [5.74, 6) is 0. The van der Waals surface area contributed by atoms with E-state index >= 15 is 0 Å². The van der Waals surface area contributed by atoms with Crippen LogP contribution in [0.15, 0.2) is 34.1 Å². The van der Waals surface area contributed by atoms with Crippen molar-refractivity contribution in [1.29, 1.82) is 0 Å². The van der Waals surface area contributed by atoms with Crippen LogP contribution in [0.25, 0.3) is 0 Å². The van der Waals surface area contributed by atoms with Crippen molar-refractivity contribution in [3.05, 3.63) is 52.4 Å². The second-order valence-corrected chi connectivity index (χ2v) is 9.34. The first-order chi connectivity index (χ1) is 13.0. The number of fused-ring (bicyclic) bond motifs is 1. The van der Waals surface area contributed by atoms with Crippen LogP contribution in [0.3, 0.4) is 0 Å². The molecule has 27 heavy (non-hydrogen) atoms. The minimum atomic E-state index is -3.52. The van der Waals surface area contributed by atoms with Gasteiger partial charge < -0.3 is 4.74 Å². The molecular formula is C17H19N5O3S2. The molecule has 0 bridgehead atoms. The van der Waals surface area contributed by atoms with E-state index < -0.39 is 10.0 Å². The molecule has 0 saturated heterocycles. The summed E-state index contributed by atoms with van der Waals surface area (Å²) in [6, 6.07) is 3.81. The molecule has 4 rings (SSSR count). The zero-order valence-electron chi connectivity index (χ0n) is 15.0. The Labute approximate surface area is 161 Å². The van der Waals surface area contributed by atoms with Crippen molar-refractivity contribution in [3.63, 3.8) is 0 Å². The highest BCUT2D eigenvalue weighted by Crippen LogP contribution is 2.31. The van der Waals surface area contributed by atoms with Crippen molar-refractivity contribution < 1.29 is 13.2 Å². The topological polar surface area (TPSA) is 90.2 Å². The van der Waals surface area contributed by atoms with Crippen LogP contribution in [0.4, 0.5) is 0 Å². The van der Waals surface area contributed by atoms with Crippen LogP contribution in [-0.4, -0.2) is 39.0 Å². The van der Waals surface area contributed by atoms with Crippen LogP contribution in [0.2, 0.25) is 0 Å². The molecule has 3 aromatic rings. The van der Waals surface area contributed by atoms with Crippen LogP contribution >= 0.6 is 11.3 Å². The maximum absolute atomic E-state index is 13.0. The van der Waals surface area contributed by atoms with E-state index in [4.69, 9.17) is 4.74 Å². The van der Waals surface area contributed by atoms with Gasteiger partial charge in [0.15, 0.2) is 0 Å². The lowest BCUT2D eigenvalue weighted by molar-refractivity contribution is 0.272. The van der Waals surface area contributed by atoms with Gasteiger partial charge in [-0.3, -0.25) is 4.68 Å². The number of hydrogen-bond acceptors (Lipinski definition) is 7. The summed E-state index contributed by atoms with van der Waals surface area (Å²) in [7, 11) is -1.65. The summed E-state index contributed by atoms with van der Waals surface area (Å²) in [4.78, 5) is 8.07. The molecule has 1 aliphatic rings. The summed E-state index contributed by atoms with van der Waals surface area (Å²) < 4.78 is 35.4. The highest BCUT2D eigenvalue weighted by atomic mass is 32.2. The molecule has 0 atom stereocenters. The summed E-state index contributed by atoms with van der Waals surface area (Å²) in [5, 5.41) is 6.33. The summed E-state index contributed by atoms with van der Waals surface area (Å²) in [5.41, 5.74) is 3.43. The average molecular weight is 406 g/mol. The zero-order chi connectivity index (χ0) is 19.0. The van der Waals surface area contributed by atoms with E-state index in [9.17, 15) is 8.42 Å². The molecule has 1 aliphatic heterocycles. The predicted molar refractivity (Wildman–Crippen MR) is 99.9 cm³/mol. The Bertz CT molecular complexity index is 1060. The molecule has 10 heteroatoms. The molecule has 0 unspecified atom stereocenters. The fourth-order valence-corrected chi connectivity index (χ4v) is 6.16. The van der Waals surface area contributed by atoms with E-state index in [1.54, 1.807) is 28.5 Å². The highest BCUT2D eigenvalue weighted by molar-refractivity contribution is 7.91. The van der Waals surface area contributed by atoms with Gasteiger partial charge in [-0.25, -0.2) is 18.4 Å². The van der Waals surface area contributed by atoms with E-state index in [1.165, 1.54) is 15.6 Å². The fourth-order valence-electron chi connectivity index (χ4n) is 3.20. The van der Waals surface area contributed by atoms with Gasteiger partial charge in [-0.2, -0.15) is 9.40 Å². The maximum atomic E-state index is 13.0. The Balaban J connectivity index is 1.59. The molecule has 0 N–H and O–H groups in total. The molecule has 0 aliphatic carbocycles. The van der Waals surface area contributed by atoms with Gasteiger partial charge in [0.25, 0.3) is 10.0 Å². The molecule has 0 aromatic carbocycles. The predicted octanol–water partition coefficient (Wildman–Crippen LogP) is 1.91. The van der Waals surface area contributed by atoms with Gasteiger partial charge in [0, 0.05) is 50.2 Å². The smallest absolute Gasteiger partial charge is 0.316 e. The van der Waals surface area contributed by atoms with E-state index in [2.05, 4.69) is 15.1 Å². The fraction of sp³-hybridized carbons (Fsp3) is 0.353. The van der Waals surface area contributed by atoms with E-state index in [0.717, 1.165) is 16.8 Å². The van der Waals surface area contributed by atoms with Crippen molar-refractivity contribution in [2.45, 2.75) is 30.7 Å². The third-order valence-corrected chi connectivity index (χ3v) is 8.07. The van der Waals surface area contributed by atoms with Crippen molar-refractivity contribution >= 4 is 21.4 Å². The number of ether oxygens (including phenoxy) is 1. The summed E-state index contributed by atoms with van der Waals surface area (Å²) in [6.07, 6.45) is 3.83. The normalized spacial score (nSPS) is 14.9. The van der Waals surface area contributed by atoms with Crippen molar-refractivity contribution in [3.8, 4) is 6.01 Å². The minimum Gasteiger partial charge on any atom is -0.457 e. The number of aryl methyl sites for hydroxylation is 2. The third-order valence-electron chi connectivity index (χ3n) is 4.56. The van der Waals surface area contributed by atoms with Crippen LogP contribution in [0.1, 0.15) is 22.5 Å². The molecule has 0 radical (unpaired) electrons. The first kappa shape index (κ1) is 18.1. The Morgan fingerprint density at radius 1 is 1.30 bits per heavy atom. The lowest BCUT2D eigenvalue weighted by atomic mass is 10.1. The van der Waals surface area contributed by atoms with Gasteiger partial charge in [-0.15, -0.1) is 11.3 Å². The van der Waals surface area contributed by atoms with Gasteiger partial charge in [0.2, 0.25) is 0 Å². The van der Waals surface area contributed by atoms with Crippen LogP contribution < -0.4 is 4.74 Å². The van der Waals surface area contributed by atoms with Gasteiger partial charge >= 0.3 is 6.01 Å². The highest BCUT2D eigenvalue weighted by Gasteiger charge is 2.33. The Morgan fingerprint density at radius 3 is 2.78 bits per heavy atom. The van der Waals surface area contributed by atoms with E-state index in [-0.39, 0.29) is 19.2 Å². The van der Waals surface area contributed by atoms with E-state index in [1.807, 2.05) is 20.0 Å². The number of aromatic nitrogens is 4. The van der Waals surface area contributed by atoms with E-state index in [0.29, 0.717) is 22.9 Å². The molecule has 0 amide bonds. The minimum absolute atomic E-state index is 0.194. The Kier molecular flexibility index (Phi) is 4.70. The third kappa shape index (κ3) is 3.35. The number of thiophene rings is 1. The van der Waals surface area contributed by atoms with Gasteiger partial charge in [0.05, 0.1) is 0 Å². The monoisotopic (exact) mass is 405 g/mol. The van der Waals surface area contributed by atoms with Gasteiger partial charge in [-0.1, -0.05) is 0 Å². The summed E-state index contributed by atoms with van der Waals surface area (Å²) >= 11 is 1.26. The van der Waals surface area contributed by atoms with Crippen LogP contribution in [0.5, 0.6) is 6.01 Å². The molecule has 8 nitrogen and oxygen atoms in total. The zero-order valence-corrected chi connectivity index (χ0v) is 16.6. The molecule has 142 valence electrons. The standard InChI is InChI=1S/C17H19N5O3S2/c1-12-5-9-26-16(12)27(23,24)22-8-4-15-13(10-22)14(20-21(15)2)11-25-17-18-6-3-7-19-17/h3,5-7,9H,4,8,10-11H2,1-2H3. The molecule has 0 saturated carbocycles. The lowest BCUT2D eigenvalue weighted by Crippen LogP contribution is -2.36. The number of hydrogen-bond donors (Lipinski definition) is 0. The lowest BCUT2D eigenvalue weighted by Gasteiger charge is -2.26. The first-order valence-corrected chi connectivity index (χ1v) is 10.8. The van der Waals surface area contributed by atoms with Gasteiger partial charge in [-0.05, 0) is 30.0 Å². The number of rotatable bonds is 5. The molecule has 0 fully saturated rings. The van der Waals surface area contributed by atoms with Crippen molar-refractivity contribution in [2.75, 3.05) is 6.54 Å². The Morgan fingerprint density at radius 2 is 2.07 bits per heavy atom. The quantitative estimate of drug-likeness (QED) is 0.644. The average Bonchev–Trinajstić information content (AvgIpc) is 3.24. The molecule has 3 aromatic heterocycles. The number of nitrogens with zero attached hydrogens (tertiary/aromatic N) is 5. The first-order valence-electron chi connectivity index (χ1n) is 8.44.